The number of carbonyl (C=O) groups is 1. The van der Waals surface area contributed by atoms with Gasteiger partial charge in [-0.3, -0.25) is 4.79 Å². The molecule has 0 saturated carbocycles. The molecule has 0 bridgehead atoms. The number of hydrogen-bond donors (Lipinski definition) is 4. The van der Waals surface area contributed by atoms with Crippen LogP contribution in [0.5, 0.6) is 0 Å². The summed E-state index contributed by atoms with van der Waals surface area (Å²) < 4.78 is 5.46. The van der Waals surface area contributed by atoms with Crippen molar-refractivity contribution in [2.24, 2.45) is 0 Å². The molecule has 164 valence electrons. The van der Waals surface area contributed by atoms with E-state index in [1.807, 2.05) is 55.4 Å². The van der Waals surface area contributed by atoms with Gasteiger partial charge >= 0.3 is 0 Å². The third-order valence-electron chi connectivity index (χ3n) is 5.46. The molecule has 2 aromatic carbocycles. The first-order valence-corrected chi connectivity index (χ1v) is 10.0. The Hall–Kier alpha value is -2.96. The lowest BCUT2D eigenvalue weighted by atomic mass is 9.95. The highest BCUT2D eigenvalue weighted by molar-refractivity contribution is 6.02. The number of aliphatic hydroxyl groups excluding tert-OH is 3. The molecule has 1 fully saturated rings. The number of nitriles is 1. The Morgan fingerprint density at radius 3 is 2.48 bits per heavy atom. The Morgan fingerprint density at radius 2 is 1.81 bits per heavy atom. The van der Waals surface area contributed by atoms with Crippen LogP contribution in [0.15, 0.2) is 42.0 Å². The van der Waals surface area contributed by atoms with Gasteiger partial charge in [0.05, 0.1) is 6.10 Å². The van der Waals surface area contributed by atoms with Crippen molar-refractivity contribution in [3.05, 3.63) is 47.5 Å². The van der Waals surface area contributed by atoms with E-state index < -0.39 is 36.4 Å². The maximum Gasteiger partial charge on any atom is 0.262 e. The van der Waals surface area contributed by atoms with E-state index in [4.69, 9.17) is 4.74 Å². The van der Waals surface area contributed by atoms with Gasteiger partial charge in [-0.1, -0.05) is 18.2 Å². The van der Waals surface area contributed by atoms with Crippen molar-refractivity contribution in [1.29, 1.82) is 5.26 Å². The van der Waals surface area contributed by atoms with E-state index in [2.05, 4.69) is 11.4 Å². The Labute approximate surface area is 181 Å². The summed E-state index contributed by atoms with van der Waals surface area (Å²) >= 11 is 0. The lowest BCUT2D eigenvalue weighted by Gasteiger charge is -2.39. The highest BCUT2D eigenvalue weighted by Gasteiger charge is 2.41. The van der Waals surface area contributed by atoms with Crippen LogP contribution in [0.25, 0.3) is 16.8 Å². The third-order valence-corrected chi connectivity index (χ3v) is 5.46. The van der Waals surface area contributed by atoms with Gasteiger partial charge < -0.3 is 30.3 Å². The zero-order chi connectivity index (χ0) is 22.7. The maximum atomic E-state index is 12.5. The Balaban J connectivity index is 1.71. The second-order valence-corrected chi connectivity index (χ2v) is 7.92. The molecule has 0 spiro atoms. The number of fused-ring (bicyclic) bond motifs is 1. The standard InChI is InChI=1S/C23H27N3O5/c1-13-20(27)22(29)21(28)19(31-13)12-25-23(30)17(11-24)9-14-4-5-16-10-18(26(2)3)7-6-15(16)8-14/h4-10,13,19-22,27-29H,12H2,1-3H3,(H,25,30)/b17-9+/t13?,19-,20+,21-,22-/m1/s1. The minimum absolute atomic E-state index is 0.0943. The number of rotatable bonds is 5. The summed E-state index contributed by atoms with van der Waals surface area (Å²) in [7, 11) is 3.94. The topological polar surface area (TPSA) is 126 Å². The van der Waals surface area contributed by atoms with E-state index in [0.717, 1.165) is 16.5 Å². The fourth-order valence-electron chi connectivity index (χ4n) is 3.53. The van der Waals surface area contributed by atoms with Crippen LogP contribution in [0.4, 0.5) is 5.69 Å². The van der Waals surface area contributed by atoms with E-state index in [9.17, 15) is 25.4 Å². The van der Waals surface area contributed by atoms with Gasteiger partial charge in [0.1, 0.15) is 36.1 Å². The summed E-state index contributed by atoms with van der Waals surface area (Å²) in [5, 5.41) is 43.7. The predicted octanol–water partition coefficient (Wildman–Crippen LogP) is 0.799. The number of benzene rings is 2. The molecule has 0 radical (unpaired) electrons. The predicted molar refractivity (Wildman–Crippen MR) is 117 cm³/mol. The van der Waals surface area contributed by atoms with Crippen molar-refractivity contribution in [3.8, 4) is 6.07 Å². The average Bonchev–Trinajstić information content (AvgIpc) is 2.76. The number of ether oxygens (including phenoxy) is 1. The van der Waals surface area contributed by atoms with Crippen LogP contribution in [0, 0.1) is 11.3 Å². The van der Waals surface area contributed by atoms with Crippen LogP contribution in [0.2, 0.25) is 0 Å². The monoisotopic (exact) mass is 425 g/mol. The molecule has 1 aliphatic rings. The highest BCUT2D eigenvalue weighted by atomic mass is 16.5. The number of nitrogens with zero attached hydrogens (tertiary/aromatic N) is 2. The first-order chi connectivity index (χ1) is 14.7. The normalized spacial score (nSPS) is 26.4. The van der Waals surface area contributed by atoms with Crippen LogP contribution in [-0.4, -0.2) is 72.4 Å². The first kappa shape index (κ1) is 22.7. The summed E-state index contributed by atoms with van der Waals surface area (Å²) in [5.41, 5.74) is 1.69. The van der Waals surface area contributed by atoms with Crippen LogP contribution >= 0.6 is 0 Å². The zero-order valence-electron chi connectivity index (χ0n) is 17.7. The largest absolute Gasteiger partial charge is 0.388 e. The average molecular weight is 425 g/mol. The van der Waals surface area contributed by atoms with Crippen molar-refractivity contribution in [1.82, 2.24) is 5.32 Å². The number of anilines is 1. The van der Waals surface area contributed by atoms with Gasteiger partial charge in [-0.05, 0) is 47.5 Å². The molecule has 8 nitrogen and oxygen atoms in total. The summed E-state index contributed by atoms with van der Waals surface area (Å²) in [4.78, 5) is 14.5. The molecule has 1 heterocycles. The van der Waals surface area contributed by atoms with Gasteiger partial charge in [-0.25, -0.2) is 0 Å². The van der Waals surface area contributed by atoms with Gasteiger partial charge in [0.25, 0.3) is 5.91 Å². The third kappa shape index (κ3) is 5.03. The minimum atomic E-state index is -1.37. The molecule has 31 heavy (non-hydrogen) atoms. The molecule has 8 heteroatoms. The Morgan fingerprint density at radius 1 is 1.13 bits per heavy atom. The molecule has 3 rings (SSSR count). The fraction of sp³-hybridized carbons (Fsp3) is 0.391. The van der Waals surface area contributed by atoms with Crippen molar-refractivity contribution >= 4 is 28.4 Å². The van der Waals surface area contributed by atoms with E-state index >= 15 is 0 Å². The van der Waals surface area contributed by atoms with Crippen LogP contribution in [-0.2, 0) is 9.53 Å². The molecule has 4 N–H and O–H groups in total. The second-order valence-electron chi connectivity index (χ2n) is 7.92. The number of hydrogen-bond acceptors (Lipinski definition) is 7. The van der Waals surface area contributed by atoms with Crippen molar-refractivity contribution in [3.63, 3.8) is 0 Å². The van der Waals surface area contributed by atoms with Gasteiger partial charge in [-0.15, -0.1) is 0 Å². The van der Waals surface area contributed by atoms with E-state index in [0.29, 0.717) is 5.56 Å². The lowest BCUT2D eigenvalue weighted by molar-refractivity contribution is -0.215. The number of aliphatic hydroxyl groups is 3. The molecule has 2 aromatic rings. The maximum absolute atomic E-state index is 12.5. The highest BCUT2D eigenvalue weighted by Crippen LogP contribution is 2.23. The van der Waals surface area contributed by atoms with Gasteiger partial charge in [0.2, 0.25) is 0 Å². The first-order valence-electron chi connectivity index (χ1n) is 10.0. The smallest absolute Gasteiger partial charge is 0.262 e. The molecule has 5 atom stereocenters. The molecule has 1 amide bonds. The summed E-state index contributed by atoms with van der Waals surface area (Å²) in [6.45, 7) is 1.45. The molecular weight excluding hydrogens is 398 g/mol. The van der Waals surface area contributed by atoms with Crippen molar-refractivity contribution < 1.29 is 24.9 Å². The molecule has 1 aliphatic heterocycles. The van der Waals surface area contributed by atoms with Crippen LogP contribution in [0.1, 0.15) is 12.5 Å². The quantitative estimate of drug-likeness (QED) is 0.412. The fourth-order valence-corrected chi connectivity index (χ4v) is 3.53. The summed E-state index contributed by atoms with van der Waals surface area (Å²) in [6.07, 6.45) is -4.04. The minimum Gasteiger partial charge on any atom is -0.388 e. The lowest BCUT2D eigenvalue weighted by Crippen LogP contribution is -2.59. The number of amides is 1. The van der Waals surface area contributed by atoms with E-state index in [1.54, 1.807) is 6.92 Å². The van der Waals surface area contributed by atoms with Gasteiger partial charge in [-0.2, -0.15) is 5.26 Å². The van der Waals surface area contributed by atoms with Crippen LogP contribution in [0.3, 0.4) is 0 Å². The molecule has 0 aliphatic carbocycles. The SMILES string of the molecule is CC1O[C@H](CNC(=O)/C(C#N)=C/c2ccc3cc(N(C)C)ccc3c2)[C@@H](O)[C@H](O)[C@H]1O. The summed E-state index contributed by atoms with van der Waals surface area (Å²) in [5.74, 6) is -0.616. The second kappa shape index (κ2) is 9.45. The van der Waals surface area contributed by atoms with Crippen LogP contribution < -0.4 is 10.2 Å². The van der Waals surface area contributed by atoms with Crippen molar-refractivity contribution in [2.45, 2.75) is 37.4 Å². The van der Waals surface area contributed by atoms with E-state index in [1.165, 1.54) is 6.08 Å². The Bertz CT molecular complexity index is 1030. The van der Waals surface area contributed by atoms with Gasteiger partial charge in [0, 0.05) is 26.3 Å². The summed E-state index contributed by atoms with van der Waals surface area (Å²) in [6, 6.07) is 13.6. The number of carbonyl (C=O) groups excluding carboxylic acids is 1. The van der Waals surface area contributed by atoms with Crippen molar-refractivity contribution in [2.75, 3.05) is 25.5 Å². The van der Waals surface area contributed by atoms with E-state index in [-0.39, 0.29) is 12.1 Å². The van der Waals surface area contributed by atoms with Gasteiger partial charge in [0.15, 0.2) is 0 Å². The molecule has 1 unspecified atom stereocenters. The molecular formula is C23H27N3O5. The molecule has 1 saturated heterocycles. The zero-order valence-corrected chi connectivity index (χ0v) is 17.7. The Kier molecular flexibility index (Phi) is 6.93. The molecule has 0 aromatic heterocycles. The number of nitrogens with one attached hydrogen (secondary N) is 1.